The summed E-state index contributed by atoms with van der Waals surface area (Å²) in [5, 5.41) is 3.78. The van der Waals surface area contributed by atoms with Crippen molar-refractivity contribution in [3.05, 3.63) is 22.4 Å². The number of carbonyl (C=O) groups excluding carboxylic acids is 4. The quantitative estimate of drug-likeness (QED) is 0.515. The van der Waals surface area contributed by atoms with Gasteiger partial charge in [0.25, 0.3) is 11.8 Å². The number of fused-ring (bicyclic) bond motifs is 2. The molecule has 10 heteroatoms. The largest absolute Gasteiger partial charge is 0.350 e. The molecule has 2 aliphatic rings. The van der Waals surface area contributed by atoms with Gasteiger partial charge >= 0.3 is 12.1 Å². The molecule has 3 heterocycles. The van der Waals surface area contributed by atoms with Crippen LogP contribution in [0.25, 0.3) is 0 Å². The number of nitrogens with one attached hydrogen (secondary N) is 2. The van der Waals surface area contributed by atoms with Crippen LogP contribution in [-0.2, 0) is 0 Å². The molecule has 1 aromatic heterocycles. The van der Waals surface area contributed by atoms with Gasteiger partial charge in [-0.1, -0.05) is 0 Å². The highest BCUT2D eigenvalue weighted by Gasteiger charge is 2.26. The van der Waals surface area contributed by atoms with Gasteiger partial charge in [-0.2, -0.15) is 9.98 Å². The summed E-state index contributed by atoms with van der Waals surface area (Å²) in [5.41, 5.74) is -1.08. The number of urea groups is 2. The van der Waals surface area contributed by atoms with E-state index in [1.54, 1.807) is 0 Å². The van der Waals surface area contributed by atoms with Crippen LogP contribution in [0.1, 0.15) is 21.0 Å². The Morgan fingerprint density at radius 3 is 1.44 bits per heavy atom. The van der Waals surface area contributed by atoms with E-state index in [1.165, 1.54) is 0 Å². The Balaban J connectivity index is 2.40. The van der Waals surface area contributed by atoms with Crippen molar-refractivity contribution in [1.82, 2.24) is 20.6 Å². The van der Waals surface area contributed by atoms with Gasteiger partial charge in [0.2, 0.25) is 0 Å². The topological polar surface area (TPSA) is 143 Å². The van der Waals surface area contributed by atoms with Gasteiger partial charge in [0.1, 0.15) is 0 Å². The standard InChI is InChI=1S/C8H2N6O4/c15-5-1-3(11-7(17)13-5)10-2-4(9-1)12-8(18)14-6(2)16/h(H,13,15,17)(H,14,16,18). The number of carbonyl (C=O) groups is 4. The minimum atomic E-state index is -0.897. The van der Waals surface area contributed by atoms with Crippen LogP contribution in [0.15, 0.2) is 9.98 Å². The van der Waals surface area contributed by atoms with Gasteiger partial charge in [-0.05, 0) is 0 Å². The number of amides is 6. The van der Waals surface area contributed by atoms with Crippen molar-refractivity contribution >= 4 is 23.9 Å². The lowest BCUT2D eigenvalue weighted by atomic mass is 10.3. The SMILES string of the molecule is O=C1N=c2nc3c(nc2C(=O)N1)=NC(=O)NC3=O. The van der Waals surface area contributed by atoms with Crippen molar-refractivity contribution in [3.8, 4) is 0 Å². The molecule has 0 saturated carbocycles. The first-order valence-corrected chi connectivity index (χ1v) is 4.61. The molecule has 2 aliphatic heterocycles. The van der Waals surface area contributed by atoms with Gasteiger partial charge in [0, 0.05) is 0 Å². The number of rotatable bonds is 0. The zero-order valence-corrected chi connectivity index (χ0v) is 8.42. The monoisotopic (exact) mass is 246 g/mol. The van der Waals surface area contributed by atoms with Crippen molar-refractivity contribution in [1.29, 1.82) is 0 Å². The maximum absolute atomic E-state index is 11.4. The average Bonchev–Trinajstić information content (AvgIpc) is 2.27. The molecule has 3 rings (SSSR count). The Kier molecular flexibility index (Phi) is 1.82. The van der Waals surface area contributed by atoms with E-state index >= 15 is 0 Å². The summed E-state index contributed by atoms with van der Waals surface area (Å²) >= 11 is 0. The number of hydrogen-bond acceptors (Lipinski definition) is 6. The molecule has 0 saturated heterocycles. The minimum absolute atomic E-state index is 0.264. The van der Waals surface area contributed by atoms with Crippen LogP contribution in [0.4, 0.5) is 9.59 Å². The summed E-state index contributed by atoms with van der Waals surface area (Å²) in [7, 11) is 0. The van der Waals surface area contributed by atoms with Gasteiger partial charge in [-0.25, -0.2) is 19.6 Å². The van der Waals surface area contributed by atoms with E-state index in [4.69, 9.17) is 0 Å². The molecule has 10 nitrogen and oxygen atoms in total. The van der Waals surface area contributed by atoms with Crippen molar-refractivity contribution in [2.75, 3.05) is 0 Å². The van der Waals surface area contributed by atoms with Crippen molar-refractivity contribution < 1.29 is 19.2 Å². The first kappa shape index (κ1) is 10.1. The lowest BCUT2D eigenvalue weighted by molar-refractivity contribution is 0.0934. The molecule has 0 atom stereocenters. The molecule has 0 spiro atoms. The van der Waals surface area contributed by atoms with Crippen LogP contribution >= 0.6 is 0 Å². The third-order valence-electron chi connectivity index (χ3n) is 2.14. The van der Waals surface area contributed by atoms with Gasteiger partial charge in [0.05, 0.1) is 0 Å². The second kappa shape index (κ2) is 3.23. The Morgan fingerprint density at radius 2 is 1.06 bits per heavy atom. The van der Waals surface area contributed by atoms with Crippen LogP contribution in [0.2, 0.25) is 0 Å². The predicted molar refractivity (Wildman–Crippen MR) is 50.1 cm³/mol. The van der Waals surface area contributed by atoms with E-state index in [2.05, 4.69) is 20.0 Å². The molecule has 0 unspecified atom stereocenters. The second-order valence-electron chi connectivity index (χ2n) is 3.31. The summed E-state index contributed by atoms with van der Waals surface area (Å²) in [6.45, 7) is 0. The van der Waals surface area contributed by atoms with Crippen molar-refractivity contribution in [3.63, 3.8) is 0 Å². The Morgan fingerprint density at radius 1 is 0.667 bits per heavy atom. The first-order valence-electron chi connectivity index (χ1n) is 4.61. The molecule has 0 bridgehead atoms. The molecular formula is C8H2N6O4. The van der Waals surface area contributed by atoms with Crippen LogP contribution in [-0.4, -0.2) is 33.8 Å². The Labute approximate surface area is 96.9 Å². The summed E-state index contributed by atoms with van der Waals surface area (Å²) in [6, 6.07) is -1.79. The molecule has 0 aromatic carbocycles. The average molecular weight is 246 g/mol. The fraction of sp³-hybridized carbons (Fsp3) is 0. The number of imide groups is 2. The molecule has 1 aromatic rings. The smallest absolute Gasteiger partial charge is 0.271 e. The summed E-state index contributed by atoms with van der Waals surface area (Å²) < 4.78 is 0. The van der Waals surface area contributed by atoms with E-state index in [0.717, 1.165) is 0 Å². The summed E-state index contributed by atoms with van der Waals surface area (Å²) in [4.78, 5) is 59.0. The van der Waals surface area contributed by atoms with E-state index in [-0.39, 0.29) is 22.4 Å². The van der Waals surface area contributed by atoms with Crippen molar-refractivity contribution in [2.45, 2.75) is 0 Å². The zero-order chi connectivity index (χ0) is 12.9. The minimum Gasteiger partial charge on any atom is -0.271 e. The van der Waals surface area contributed by atoms with Crippen molar-refractivity contribution in [2.24, 2.45) is 9.98 Å². The number of aromatic nitrogens is 2. The van der Waals surface area contributed by atoms with Gasteiger partial charge < -0.3 is 0 Å². The van der Waals surface area contributed by atoms with E-state index in [9.17, 15) is 19.2 Å². The maximum Gasteiger partial charge on any atom is 0.350 e. The fourth-order valence-electron chi connectivity index (χ4n) is 1.44. The molecule has 0 aliphatic carbocycles. The lowest BCUT2D eigenvalue weighted by Crippen LogP contribution is -2.48. The molecule has 18 heavy (non-hydrogen) atoms. The summed E-state index contributed by atoms with van der Waals surface area (Å²) in [5.74, 6) is -1.62. The molecular weight excluding hydrogens is 244 g/mol. The second-order valence-corrected chi connectivity index (χ2v) is 3.31. The van der Waals surface area contributed by atoms with Crippen LogP contribution in [0.3, 0.4) is 0 Å². The fourth-order valence-corrected chi connectivity index (χ4v) is 1.44. The highest BCUT2D eigenvalue weighted by Crippen LogP contribution is 1.94. The normalized spacial score (nSPS) is 16.9. The zero-order valence-electron chi connectivity index (χ0n) is 8.42. The van der Waals surface area contributed by atoms with Gasteiger partial charge in [0.15, 0.2) is 22.4 Å². The predicted octanol–water partition coefficient (Wildman–Crippen LogP) is -2.56. The highest BCUT2D eigenvalue weighted by atomic mass is 16.2. The van der Waals surface area contributed by atoms with E-state index in [0.29, 0.717) is 0 Å². The van der Waals surface area contributed by atoms with Crippen LogP contribution < -0.4 is 21.6 Å². The molecule has 0 radical (unpaired) electrons. The first-order chi connectivity index (χ1) is 8.54. The Bertz CT molecular complexity index is 701. The number of hydrogen-bond donors (Lipinski definition) is 2. The van der Waals surface area contributed by atoms with Crippen LogP contribution in [0.5, 0.6) is 0 Å². The lowest BCUT2D eigenvalue weighted by Gasteiger charge is -2.09. The maximum atomic E-state index is 11.4. The molecule has 0 fully saturated rings. The molecule has 6 amide bonds. The van der Waals surface area contributed by atoms with Crippen LogP contribution in [0, 0.1) is 0 Å². The van der Waals surface area contributed by atoms with E-state index in [1.807, 2.05) is 10.6 Å². The Hall–Kier alpha value is -3.04. The number of nitrogens with zero attached hydrogens (tertiary/aromatic N) is 4. The van der Waals surface area contributed by atoms with Gasteiger partial charge in [-0.15, -0.1) is 0 Å². The molecule has 88 valence electrons. The highest BCUT2D eigenvalue weighted by molar-refractivity contribution is 6.07. The molecule has 2 N–H and O–H groups in total. The van der Waals surface area contributed by atoms with Gasteiger partial charge in [-0.3, -0.25) is 20.2 Å². The third-order valence-corrected chi connectivity index (χ3v) is 2.14. The third kappa shape index (κ3) is 1.36. The summed E-state index contributed by atoms with van der Waals surface area (Å²) in [6.07, 6.45) is 0. The van der Waals surface area contributed by atoms with E-state index < -0.39 is 23.9 Å².